The molecule has 1 saturated carbocycles. The molecule has 1 aromatic rings. The number of phenolic OH excluding ortho intramolecular Hbond substituents is 1. The Labute approximate surface area is 104 Å². The molecule has 0 aliphatic heterocycles. The van der Waals surface area contributed by atoms with Crippen molar-refractivity contribution < 1.29 is 9.84 Å². The zero-order valence-corrected chi connectivity index (χ0v) is 10.9. The lowest BCUT2D eigenvalue weighted by atomic mass is 9.89. The Morgan fingerprint density at radius 3 is 2.75 bits per heavy atom. The van der Waals surface area contributed by atoms with E-state index in [2.05, 4.69) is 15.9 Å². The quantitative estimate of drug-likeness (QED) is 0.855. The summed E-state index contributed by atoms with van der Waals surface area (Å²) < 4.78 is 6.44. The number of methoxy groups -OCH3 is 1. The normalized spacial score (nSPS) is 14.5. The number of aromatic hydroxyl groups is 1. The van der Waals surface area contributed by atoms with E-state index < -0.39 is 0 Å². The van der Waals surface area contributed by atoms with Crippen molar-refractivity contribution in [1.29, 1.82) is 0 Å². The molecule has 0 amide bonds. The molecule has 2 rings (SSSR count). The van der Waals surface area contributed by atoms with E-state index in [4.69, 9.17) is 4.74 Å². The second kappa shape index (κ2) is 4.91. The van der Waals surface area contributed by atoms with Crippen molar-refractivity contribution >= 4 is 15.9 Å². The molecule has 0 unspecified atom stereocenters. The number of hydrogen-bond acceptors (Lipinski definition) is 2. The fourth-order valence-electron chi connectivity index (χ4n) is 1.84. The molecule has 2 nitrogen and oxygen atoms in total. The molecular formula is C13H15BrO2. The van der Waals surface area contributed by atoms with E-state index >= 15 is 0 Å². The van der Waals surface area contributed by atoms with Crippen LogP contribution in [-0.4, -0.2) is 12.2 Å². The first-order valence-electron chi connectivity index (χ1n) is 5.43. The van der Waals surface area contributed by atoms with Crippen LogP contribution < -0.4 is 0 Å². The summed E-state index contributed by atoms with van der Waals surface area (Å²) in [7, 11) is 1.72. The van der Waals surface area contributed by atoms with E-state index in [0.717, 1.165) is 35.1 Å². The lowest BCUT2D eigenvalue weighted by Gasteiger charge is -2.21. The number of ether oxygens (including phenoxy) is 1. The van der Waals surface area contributed by atoms with E-state index in [1.807, 2.05) is 6.07 Å². The van der Waals surface area contributed by atoms with Crippen molar-refractivity contribution in [1.82, 2.24) is 0 Å². The van der Waals surface area contributed by atoms with Gasteiger partial charge in [-0.2, -0.15) is 0 Å². The van der Waals surface area contributed by atoms with Crippen molar-refractivity contribution in [2.75, 3.05) is 7.11 Å². The third-order valence-corrected chi connectivity index (χ3v) is 3.75. The van der Waals surface area contributed by atoms with Crippen LogP contribution in [0.2, 0.25) is 0 Å². The predicted octanol–water partition coefficient (Wildman–Crippen LogP) is 3.78. The van der Waals surface area contributed by atoms with Crippen molar-refractivity contribution in [3.05, 3.63) is 39.6 Å². The molecule has 0 heterocycles. The van der Waals surface area contributed by atoms with Gasteiger partial charge in [0.25, 0.3) is 0 Å². The van der Waals surface area contributed by atoms with Gasteiger partial charge < -0.3 is 9.84 Å². The summed E-state index contributed by atoms with van der Waals surface area (Å²) in [5.41, 5.74) is 2.48. The Bertz CT molecular complexity index is 418. The number of rotatable bonds is 3. The minimum absolute atomic E-state index is 0.298. The Kier molecular flexibility index (Phi) is 3.54. The molecule has 0 aromatic heterocycles. The molecule has 0 bridgehead atoms. The number of phenols is 1. The number of halogens is 1. The van der Waals surface area contributed by atoms with E-state index in [1.165, 1.54) is 12.0 Å². The third-order valence-electron chi connectivity index (χ3n) is 2.98. The number of hydrogen-bond donors (Lipinski definition) is 1. The summed E-state index contributed by atoms with van der Waals surface area (Å²) in [6.45, 7) is 0. The highest BCUT2D eigenvalue weighted by Gasteiger charge is 2.16. The summed E-state index contributed by atoms with van der Waals surface area (Å²) in [5.74, 6) is 1.35. The molecule has 1 aliphatic rings. The molecule has 3 heteroatoms. The molecule has 16 heavy (non-hydrogen) atoms. The Balaban J connectivity index is 2.22. The van der Waals surface area contributed by atoms with Gasteiger partial charge in [0.2, 0.25) is 0 Å². The van der Waals surface area contributed by atoms with Gasteiger partial charge in [0, 0.05) is 10.9 Å². The topological polar surface area (TPSA) is 29.5 Å². The molecule has 0 radical (unpaired) electrons. The van der Waals surface area contributed by atoms with Crippen LogP contribution in [0.25, 0.3) is 0 Å². The van der Waals surface area contributed by atoms with Crippen LogP contribution in [0.5, 0.6) is 5.75 Å². The van der Waals surface area contributed by atoms with Crippen LogP contribution in [-0.2, 0) is 11.2 Å². The van der Waals surface area contributed by atoms with Crippen LogP contribution >= 0.6 is 15.9 Å². The fraction of sp³-hybridized carbons (Fsp3) is 0.385. The van der Waals surface area contributed by atoms with Crippen LogP contribution in [0.3, 0.4) is 0 Å². The maximum atomic E-state index is 9.46. The lowest BCUT2D eigenvalue weighted by Crippen LogP contribution is -2.06. The minimum Gasteiger partial charge on any atom is -0.508 e. The van der Waals surface area contributed by atoms with Crippen molar-refractivity contribution in [3.63, 3.8) is 0 Å². The summed E-state index contributed by atoms with van der Waals surface area (Å²) in [5, 5.41) is 9.46. The van der Waals surface area contributed by atoms with E-state index in [9.17, 15) is 5.11 Å². The van der Waals surface area contributed by atoms with Crippen LogP contribution in [0.15, 0.2) is 34.0 Å². The highest BCUT2D eigenvalue weighted by atomic mass is 79.9. The van der Waals surface area contributed by atoms with Crippen LogP contribution in [0, 0.1) is 0 Å². The van der Waals surface area contributed by atoms with Crippen molar-refractivity contribution in [3.8, 4) is 5.75 Å². The second-order valence-electron chi connectivity index (χ2n) is 4.04. The van der Waals surface area contributed by atoms with E-state index in [-0.39, 0.29) is 0 Å². The average molecular weight is 283 g/mol. The molecule has 1 aromatic carbocycles. The minimum atomic E-state index is 0.298. The molecular weight excluding hydrogens is 268 g/mol. The fourth-order valence-corrected chi connectivity index (χ4v) is 2.23. The molecule has 0 saturated heterocycles. The number of benzene rings is 1. The van der Waals surface area contributed by atoms with E-state index in [0.29, 0.717) is 5.75 Å². The van der Waals surface area contributed by atoms with Gasteiger partial charge in [0.05, 0.1) is 12.9 Å². The molecule has 86 valence electrons. The second-order valence-corrected chi connectivity index (χ2v) is 4.89. The molecule has 1 aliphatic carbocycles. The summed E-state index contributed by atoms with van der Waals surface area (Å²) in [6.07, 6.45) is 4.32. The monoisotopic (exact) mass is 282 g/mol. The summed E-state index contributed by atoms with van der Waals surface area (Å²) >= 11 is 3.49. The molecule has 1 N–H and O–H groups in total. The van der Waals surface area contributed by atoms with Crippen molar-refractivity contribution in [2.45, 2.75) is 25.7 Å². The SMILES string of the molecule is COC(Cc1cc(O)ccc1Br)=C1CCC1. The Morgan fingerprint density at radius 2 is 2.19 bits per heavy atom. The molecule has 1 fully saturated rings. The largest absolute Gasteiger partial charge is 0.508 e. The predicted molar refractivity (Wildman–Crippen MR) is 67.4 cm³/mol. The first kappa shape index (κ1) is 11.5. The molecule has 0 spiro atoms. The maximum Gasteiger partial charge on any atom is 0.115 e. The van der Waals surface area contributed by atoms with Gasteiger partial charge in [0.15, 0.2) is 0 Å². The Hall–Kier alpha value is -0.960. The van der Waals surface area contributed by atoms with Crippen molar-refractivity contribution in [2.24, 2.45) is 0 Å². The van der Waals surface area contributed by atoms with Crippen LogP contribution in [0.4, 0.5) is 0 Å². The van der Waals surface area contributed by atoms with Gasteiger partial charge in [-0.25, -0.2) is 0 Å². The maximum absolute atomic E-state index is 9.46. The zero-order chi connectivity index (χ0) is 11.5. The van der Waals surface area contributed by atoms with Gasteiger partial charge >= 0.3 is 0 Å². The average Bonchev–Trinajstić information content (AvgIpc) is 2.19. The number of allylic oxidation sites excluding steroid dienone is 2. The third kappa shape index (κ3) is 2.40. The van der Waals surface area contributed by atoms with Crippen LogP contribution in [0.1, 0.15) is 24.8 Å². The lowest BCUT2D eigenvalue weighted by molar-refractivity contribution is 0.270. The standard InChI is InChI=1S/C13H15BrO2/c1-16-13(9-3-2-4-9)8-10-7-11(15)5-6-12(10)14/h5-7,15H,2-4,8H2,1H3. The summed E-state index contributed by atoms with van der Waals surface area (Å²) in [6, 6.07) is 5.32. The summed E-state index contributed by atoms with van der Waals surface area (Å²) in [4.78, 5) is 0. The highest BCUT2D eigenvalue weighted by molar-refractivity contribution is 9.10. The Morgan fingerprint density at radius 1 is 1.44 bits per heavy atom. The van der Waals surface area contributed by atoms with Gasteiger partial charge in [-0.05, 0) is 48.6 Å². The van der Waals surface area contributed by atoms with Gasteiger partial charge in [0.1, 0.15) is 5.75 Å². The smallest absolute Gasteiger partial charge is 0.115 e. The first-order valence-corrected chi connectivity index (χ1v) is 6.22. The van der Waals surface area contributed by atoms with Gasteiger partial charge in [-0.3, -0.25) is 0 Å². The zero-order valence-electron chi connectivity index (χ0n) is 9.29. The first-order chi connectivity index (χ1) is 7.70. The van der Waals surface area contributed by atoms with E-state index in [1.54, 1.807) is 19.2 Å². The van der Waals surface area contributed by atoms with Gasteiger partial charge in [-0.15, -0.1) is 0 Å². The van der Waals surface area contributed by atoms with Gasteiger partial charge in [-0.1, -0.05) is 15.9 Å². The molecule has 0 atom stereocenters. The highest BCUT2D eigenvalue weighted by Crippen LogP contribution is 2.32.